The average molecular weight is 178 g/mol. The average Bonchev–Trinajstić information content (AvgIpc) is 2.51. The number of aromatic nitrogens is 4. The minimum Gasteiger partial charge on any atom is -0.229 e. The summed E-state index contributed by atoms with van der Waals surface area (Å²) in [7, 11) is 1.71. The summed E-state index contributed by atoms with van der Waals surface area (Å²) in [6.45, 7) is 0. The number of halogens is 1. The number of hydrogen-bond donors (Lipinski definition) is 0. The van der Waals surface area contributed by atoms with E-state index in [1.807, 2.05) is 0 Å². The second-order valence-electron chi connectivity index (χ2n) is 2.64. The van der Waals surface area contributed by atoms with E-state index in [9.17, 15) is 4.39 Å². The van der Waals surface area contributed by atoms with Crippen molar-refractivity contribution in [2.24, 2.45) is 7.05 Å². The predicted octanol–water partition coefficient (Wildman–Crippen LogP) is 1.02. The second kappa shape index (κ2) is 2.93. The van der Waals surface area contributed by atoms with Crippen LogP contribution in [0.4, 0.5) is 4.39 Å². The van der Waals surface area contributed by atoms with Crippen LogP contribution in [-0.2, 0) is 7.05 Å². The van der Waals surface area contributed by atoms with Gasteiger partial charge in [-0.25, -0.2) is 9.07 Å². The quantitative estimate of drug-likeness (QED) is 0.654. The summed E-state index contributed by atoms with van der Waals surface area (Å²) in [5.74, 6) is 0.264. The molecule has 0 N–H and O–H groups in total. The molecule has 0 saturated carbocycles. The van der Waals surface area contributed by atoms with Crippen LogP contribution in [0.15, 0.2) is 24.3 Å². The van der Waals surface area contributed by atoms with Crippen LogP contribution in [-0.4, -0.2) is 20.2 Å². The van der Waals surface area contributed by atoms with E-state index in [2.05, 4.69) is 15.5 Å². The van der Waals surface area contributed by atoms with E-state index >= 15 is 0 Å². The van der Waals surface area contributed by atoms with Crippen LogP contribution in [0, 0.1) is 5.82 Å². The Morgan fingerprint density at radius 3 is 2.85 bits per heavy atom. The molecule has 5 heteroatoms. The van der Waals surface area contributed by atoms with E-state index in [-0.39, 0.29) is 5.82 Å². The van der Waals surface area contributed by atoms with Crippen molar-refractivity contribution in [3.8, 4) is 11.4 Å². The van der Waals surface area contributed by atoms with Crippen molar-refractivity contribution < 1.29 is 4.39 Å². The Kier molecular flexibility index (Phi) is 1.77. The van der Waals surface area contributed by atoms with E-state index in [4.69, 9.17) is 0 Å². The minimum absolute atomic E-state index is 0.291. The zero-order valence-corrected chi connectivity index (χ0v) is 6.98. The molecule has 0 spiro atoms. The van der Waals surface area contributed by atoms with E-state index in [0.29, 0.717) is 11.4 Å². The third kappa shape index (κ3) is 1.40. The lowest BCUT2D eigenvalue weighted by Gasteiger charge is -1.97. The summed E-state index contributed by atoms with van der Waals surface area (Å²) in [5.41, 5.74) is 0.674. The topological polar surface area (TPSA) is 43.6 Å². The highest BCUT2D eigenvalue weighted by molar-refractivity contribution is 5.53. The summed E-state index contributed by atoms with van der Waals surface area (Å²) in [4.78, 5) is 0. The van der Waals surface area contributed by atoms with Gasteiger partial charge in [0.05, 0.1) is 0 Å². The highest BCUT2D eigenvalue weighted by Gasteiger charge is 2.05. The summed E-state index contributed by atoms with van der Waals surface area (Å²) in [6.07, 6.45) is 0. The molecule has 13 heavy (non-hydrogen) atoms. The van der Waals surface area contributed by atoms with Gasteiger partial charge in [0, 0.05) is 12.6 Å². The third-order valence-electron chi connectivity index (χ3n) is 1.70. The predicted molar refractivity (Wildman–Crippen MR) is 44.2 cm³/mol. The molecule has 0 unspecified atom stereocenters. The fourth-order valence-corrected chi connectivity index (χ4v) is 1.10. The molecule has 1 aromatic carbocycles. The van der Waals surface area contributed by atoms with Crippen LogP contribution in [0.3, 0.4) is 0 Å². The second-order valence-corrected chi connectivity index (χ2v) is 2.64. The molecular formula is C8H7FN4. The maximum atomic E-state index is 12.8. The largest absolute Gasteiger partial charge is 0.229 e. The molecule has 0 bridgehead atoms. The molecule has 0 saturated heterocycles. The van der Waals surface area contributed by atoms with E-state index in [1.54, 1.807) is 19.2 Å². The highest BCUT2D eigenvalue weighted by Crippen LogP contribution is 2.15. The summed E-state index contributed by atoms with van der Waals surface area (Å²) in [5, 5.41) is 10.9. The van der Waals surface area contributed by atoms with Gasteiger partial charge in [0.2, 0.25) is 0 Å². The van der Waals surface area contributed by atoms with Crippen molar-refractivity contribution in [2.45, 2.75) is 0 Å². The molecule has 0 aliphatic carbocycles. The van der Waals surface area contributed by atoms with Gasteiger partial charge in [-0.05, 0) is 22.6 Å². The lowest BCUT2D eigenvalue weighted by atomic mass is 10.2. The van der Waals surface area contributed by atoms with Crippen molar-refractivity contribution in [1.29, 1.82) is 0 Å². The smallest absolute Gasteiger partial charge is 0.181 e. The van der Waals surface area contributed by atoms with Crippen LogP contribution in [0.5, 0.6) is 0 Å². The molecule has 0 aliphatic heterocycles. The molecule has 0 aliphatic rings. The zero-order valence-electron chi connectivity index (χ0n) is 6.98. The van der Waals surface area contributed by atoms with E-state index in [1.165, 1.54) is 16.8 Å². The van der Waals surface area contributed by atoms with Crippen LogP contribution >= 0.6 is 0 Å². The Hall–Kier alpha value is -1.78. The monoisotopic (exact) mass is 178 g/mol. The Morgan fingerprint density at radius 1 is 1.38 bits per heavy atom. The maximum absolute atomic E-state index is 12.8. The molecule has 0 fully saturated rings. The van der Waals surface area contributed by atoms with Gasteiger partial charge in [0.25, 0.3) is 0 Å². The van der Waals surface area contributed by atoms with Crippen molar-refractivity contribution in [3.63, 3.8) is 0 Å². The third-order valence-corrected chi connectivity index (χ3v) is 1.70. The lowest BCUT2D eigenvalue weighted by Crippen LogP contribution is -1.94. The highest BCUT2D eigenvalue weighted by atomic mass is 19.1. The Bertz CT molecular complexity index is 424. The minimum atomic E-state index is -0.291. The molecule has 0 amide bonds. The molecule has 0 radical (unpaired) electrons. The van der Waals surface area contributed by atoms with Crippen molar-refractivity contribution in [3.05, 3.63) is 30.1 Å². The van der Waals surface area contributed by atoms with Gasteiger partial charge in [-0.1, -0.05) is 12.1 Å². The normalized spacial score (nSPS) is 10.3. The first-order valence-corrected chi connectivity index (χ1v) is 3.75. The molecule has 1 heterocycles. The van der Waals surface area contributed by atoms with Crippen LogP contribution in [0.25, 0.3) is 11.4 Å². The number of tetrazole rings is 1. The van der Waals surface area contributed by atoms with Gasteiger partial charge < -0.3 is 0 Å². The standard InChI is InChI=1S/C8H7FN4/c1-13-8(10-11-12-13)6-3-2-4-7(9)5-6/h2-5H,1H3. The van der Waals surface area contributed by atoms with E-state index in [0.717, 1.165) is 0 Å². The number of nitrogens with zero attached hydrogens (tertiary/aromatic N) is 4. The lowest BCUT2D eigenvalue weighted by molar-refractivity contribution is 0.628. The summed E-state index contributed by atoms with van der Waals surface area (Å²) in [6, 6.07) is 6.16. The molecular weight excluding hydrogens is 171 g/mol. The SMILES string of the molecule is Cn1nnnc1-c1cccc(F)c1. The first kappa shape index (κ1) is 7.85. The Morgan fingerprint density at radius 2 is 2.23 bits per heavy atom. The van der Waals surface area contributed by atoms with E-state index < -0.39 is 0 Å². The van der Waals surface area contributed by atoms with Gasteiger partial charge >= 0.3 is 0 Å². The Labute approximate surface area is 74.0 Å². The molecule has 1 aromatic heterocycles. The van der Waals surface area contributed by atoms with Crippen molar-refractivity contribution in [1.82, 2.24) is 20.2 Å². The van der Waals surface area contributed by atoms with Gasteiger partial charge in [0.15, 0.2) is 5.82 Å². The van der Waals surface area contributed by atoms with Gasteiger partial charge in [-0.15, -0.1) is 5.10 Å². The van der Waals surface area contributed by atoms with Crippen molar-refractivity contribution in [2.75, 3.05) is 0 Å². The van der Waals surface area contributed by atoms with Gasteiger partial charge in [0.1, 0.15) is 5.82 Å². The van der Waals surface area contributed by atoms with Gasteiger partial charge in [-0.3, -0.25) is 0 Å². The molecule has 2 rings (SSSR count). The number of benzene rings is 1. The fourth-order valence-electron chi connectivity index (χ4n) is 1.10. The maximum Gasteiger partial charge on any atom is 0.181 e. The number of rotatable bonds is 1. The molecule has 66 valence electrons. The van der Waals surface area contributed by atoms with Crippen LogP contribution in [0.1, 0.15) is 0 Å². The molecule has 0 atom stereocenters. The first-order valence-electron chi connectivity index (χ1n) is 3.75. The Balaban J connectivity index is 2.53. The fraction of sp³-hybridized carbons (Fsp3) is 0.125. The van der Waals surface area contributed by atoms with Crippen molar-refractivity contribution >= 4 is 0 Å². The summed E-state index contributed by atoms with van der Waals surface area (Å²) < 4.78 is 14.3. The van der Waals surface area contributed by atoms with Gasteiger partial charge in [-0.2, -0.15) is 0 Å². The first-order chi connectivity index (χ1) is 6.27. The summed E-state index contributed by atoms with van der Waals surface area (Å²) >= 11 is 0. The number of aryl methyl sites for hydroxylation is 1. The van der Waals surface area contributed by atoms with Crippen LogP contribution in [0.2, 0.25) is 0 Å². The number of hydrogen-bond acceptors (Lipinski definition) is 3. The van der Waals surface area contributed by atoms with Crippen LogP contribution < -0.4 is 0 Å². The molecule has 4 nitrogen and oxygen atoms in total. The zero-order chi connectivity index (χ0) is 9.26. The molecule has 2 aromatic rings.